The van der Waals surface area contributed by atoms with Gasteiger partial charge in [-0.3, -0.25) is 4.79 Å². The molecule has 1 saturated carbocycles. The Morgan fingerprint density at radius 1 is 1.21 bits per heavy atom. The highest BCUT2D eigenvalue weighted by molar-refractivity contribution is 5.96. The predicted molar refractivity (Wildman–Crippen MR) is 78.9 cm³/mol. The minimum Gasteiger partial charge on any atom is -0.326 e. The summed E-state index contributed by atoms with van der Waals surface area (Å²) in [5.41, 5.74) is 2.23. The van der Waals surface area contributed by atoms with Crippen LogP contribution in [0.25, 0.3) is 0 Å². The summed E-state index contributed by atoms with van der Waals surface area (Å²) in [7, 11) is 1.92. The molecule has 19 heavy (non-hydrogen) atoms. The van der Waals surface area contributed by atoms with Crippen LogP contribution in [0, 0.1) is 16.7 Å². The van der Waals surface area contributed by atoms with Gasteiger partial charge in [-0.15, -0.1) is 0 Å². The smallest absolute Gasteiger partial charge is 0.228 e. The monoisotopic (exact) mass is 260 g/mol. The van der Waals surface area contributed by atoms with Crippen LogP contribution in [0.3, 0.4) is 0 Å². The van der Waals surface area contributed by atoms with E-state index in [1.165, 1.54) is 5.56 Å². The molecule has 2 N–H and O–H groups in total. The van der Waals surface area contributed by atoms with Crippen molar-refractivity contribution < 1.29 is 4.79 Å². The van der Waals surface area contributed by atoms with Gasteiger partial charge in [-0.05, 0) is 35.6 Å². The maximum absolute atomic E-state index is 12.3. The second-order valence-corrected chi connectivity index (χ2v) is 6.60. The van der Waals surface area contributed by atoms with Crippen LogP contribution in [0.2, 0.25) is 0 Å². The van der Waals surface area contributed by atoms with Gasteiger partial charge < -0.3 is 10.6 Å². The first-order valence-corrected chi connectivity index (χ1v) is 6.85. The van der Waals surface area contributed by atoms with Crippen molar-refractivity contribution in [1.29, 1.82) is 0 Å². The molecule has 104 valence electrons. The molecule has 1 aromatic carbocycles. The van der Waals surface area contributed by atoms with E-state index < -0.39 is 0 Å². The number of benzene rings is 1. The summed E-state index contributed by atoms with van der Waals surface area (Å²) in [5.74, 6) is 0.226. The topological polar surface area (TPSA) is 41.1 Å². The second kappa shape index (κ2) is 4.64. The lowest BCUT2D eigenvalue weighted by molar-refractivity contribution is -0.118. The number of amides is 1. The number of rotatable bonds is 4. The molecule has 1 aliphatic rings. The second-order valence-electron chi connectivity index (χ2n) is 6.60. The minimum atomic E-state index is 0.0830. The highest BCUT2D eigenvalue weighted by Crippen LogP contribution is 2.68. The number of nitrogens with one attached hydrogen (secondary N) is 2. The molecule has 0 aliphatic heterocycles. The summed E-state index contributed by atoms with van der Waals surface area (Å²) >= 11 is 0. The first kappa shape index (κ1) is 14.1. The Bertz CT molecular complexity index is 477. The summed E-state index contributed by atoms with van der Waals surface area (Å²) in [4.78, 5) is 12.3. The highest BCUT2D eigenvalue weighted by Gasteiger charge is 2.68. The molecule has 0 atom stereocenters. The van der Waals surface area contributed by atoms with E-state index in [1.54, 1.807) is 0 Å². The van der Waals surface area contributed by atoms with Gasteiger partial charge in [0.2, 0.25) is 5.91 Å². The molecule has 3 nitrogen and oxygen atoms in total. The lowest BCUT2D eigenvalue weighted by Crippen LogP contribution is -2.18. The molecule has 2 rings (SSSR count). The zero-order valence-corrected chi connectivity index (χ0v) is 12.5. The molecule has 3 heteroatoms. The lowest BCUT2D eigenvalue weighted by atomic mass is 10.0. The van der Waals surface area contributed by atoms with Crippen LogP contribution in [-0.4, -0.2) is 13.0 Å². The first-order chi connectivity index (χ1) is 8.80. The van der Waals surface area contributed by atoms with Crippen LogP contribution in [0.1, 0.15) is 33.3 Å². The van der Waals surface area contributed by atoms with Crippen LogP contribution in [0.4, 0.5) is 5.69 Å². The number of anilines is 1. The molecular weight excluding hydrogens is 236 g/mol. The van der Waals surface area contributed by atoms with E-state index in [0.29, 0.717) is 0 Å². The molecule has 0 bridgehead atoms. The van der Waals surface area contributed by atoms with E-state index in [4.69, 9.17) is 0 Å². The standard InChI is InChI=1S/C16H24N2O/c1-15(2)13(16(15,3)4)14(19)18-12-8-6-7-11(9-12)10-17-5/h6-9,13,17H,10H2,1-5H3,(H,18,19). The van der Waals surface area contributed by atoms with Crippen molar-refractivity contribution in [3.63, 3.8) is 0 Å². The van der Waals surface area contributed by atoms with Crippen LogP contribution >= 0.6 is 0 Å². The van der Waals surface area contributed by atoms with E-state index in [-0.39, 0.29) is 22.7 Å². The van der Waals surface area contributed by atoms with Crippen molar-refractivity contribution in [2.75, 3.05) is 12.4 Å². The van der Waals surface area contributed by atoms with E-state index in [2.05, 4.69) is 44.4 Å². The summed E-state index contributed by atoms with van der Waals surface area (Å²) < 4.78 is 0. The highest BCUT2D eigenvalue weighted by atomic mass is 16.2. The van der Waals surface area contributed by atoms with E-state index in [1.807, 2.05) is 25.2 Å². The molecule has 0 heterocycles. The first-order valence-electron chi connectivity index (χ1n) is 6.85. The fraction of sp³-hybridized carbons (Fsp3) is 0.562. The normalized spacial score (nSPS) is 20.1. The van der Waals surface area contributed by atoms with Gasteiger partial charge in [0.25, 0.3) is 0 Å². The SMILES string of the molecule is CNCc1cccc(NC(=O)C2C(C)(C)C2(C)C)c1. The van der Waals surface area contributed by atoms with Crippen LogP contribution in [0.15, 0.2) is 24.3 Å². The quantitative estimate of drug-likeness (QED) is 0.873. The Hall–Kier alpha value is -1.35. The average Bonchev–Trinajstić information content (AvgIpc) is 2.70. The zero-order chi connectivity index (χ0) is 14.3. The number of carbonyl (C=O) groups is 1. The lowest BCUT2D eigenvalue weighted by Gasteiger charge is -2.08. The van der Waals surface area contributed by atoms with Crippen molar-refractivity contribution in [1.82, 2.24) is 5.32 Å². The van der Waals surface area contributed by atoms with Crippen molar-refractivity contribution >= 4 is 11.6 Å². The third-order valence-corrected chi connectivity index (χ3v) is 4.86. The molecule has 1 fully saturated rings. The van der Waals surface area contributed by atoms with Gasteiger partial charge in [-0.2, -0.15) is 0 Å². The Morgan fingerprint density at radius 2 is 1.84 bits per heavy atom. The Labute approximate surface area is 115 Å². The third kappa shape index (κ3) is 2.39. The molecule has 1 aliphatic carbocycles. The largest absolute Gasteiger partial charge is 0.326 e. The van der Waals surface area contributed by atoms with Gasteiger partial charge in [0.1, 0.15) is 0 Å². The van der Waals surface area contributed by atoms with Gasteiger partial charge in [0.05, 0.1) is 0 Å². The van der Waals surface area contributed by atoms with Crippen LogP contribution in [-0.2, 0) is 11.3 Å². The maximum Gasteiger partial charge on any atom is 0.228 e. The summed E-state index contributed by atoms with van der Waals surface area (Å²) in [6.45, 7) is 9.46. The van der Waals surface area contributed by atoms with Crippen LogP contribution < -0.4 is 10.6 Å². The molecule has 0 aromatic heterocycles. The maximum atomic E-state index is 12.3. The predicted octanol–water partition coefficient (Wildman–Crippen LogP) is 3.03. The van der Waals surface area contributed by atoms with Crippen molar-refractivity contribution in [2.24, 2.45) is 16.7 Å². The Kier molecular flexibility index (Phi) is 3.43. The van der Waals surface area contributed by atoms with Gasteiger partial charge in [-0.1, -0.05) is 39.8 Å². The number of hydrogen-bond acceptors (Lipinski definition) is 2. The van der Waals surface area contributed by atoms with Gasteiger partial charge in [0.15, 0.2) is 0 Å². The summed E-state index contributed by atoms with van der Waals surface area (Å²) in [6.07, 6.45) is 0. The van der Waals surface area contributed by atoms with E-state index >= 15 is 0 Å². The molecule has 0 radical (unpaired) electrons. The van der Waals surface area contributed by atoms with E-state index in [9.17, 15) is 4.79 Å². The Morgan fingerprint density at radius 3 is 2.37 bits per heavy atom. The Balaban J connectivity index is 2.06. The molecule has 0 unspecified atom stereocenters. The molecule has 1 aromatic rings. The van der Waals surface area contributed by atoms with Crippen molar-refractivity contribution in [2.45, 2.75) is 34.2 Å². The molecule has 0 saturated heterocycles. The minimum absolute atomic E-state index is 0.0830. The zero-order valence-electron chi connectivity index (χ0n) is 12.5. The summed E-state index contributed by atoms with van der Waals surface area (Å²) in [6, 6.07) is 8.00. The van der Waals surface area contributed by atoms with E-state index in [0.717, 1.165) is 12.2 Å². The van der Waals surface area contributed by atoms with Crippen molar-refractivity contribution in [3.05, 3.63) is 29.8 Å². The van der Waals surface area contributed by atoms with Crippen LogP contribution in [0.5, 0.6) is 0 Å². The fourth-order valence-electron chi connectivity index (χ4n) is 3.03. The number of carbonyl (C=O) groups excluding carboxylic acids is 1. The van der Waals surface area contributed by atoms with Crippen molar-refractivity contribution in [3.8, 4) is 0 Å². The molecule has 0 spiro atoms. The van der Waals surface area contributed by atoms with Gasteiger partial charge >= 0.3 is 0 Å². The van der Waals surface area contributed by atoms with Gasteiger partial charge in [0, 0.05) is 18.2 Å². The summed E-state index contributed by atoms with van der Waals surface area (Å²) in [5, 5.41) is 6.16. The number of hydrogen-bond donors (Lipinski definition) is 2. The molecule has 1 amide bonds. The average molecular weight is 260 g/mol. The third-order valence-electron chi connectivity index (χ3n) is 4.86. The molecular formula is C16H24N2O. The van der Waals surface area contributed by atoms with Gasteiger partial charge in [-0.25, -0.2) is 0 Å². The fourth-order valence-corrected chi connectivity index (χ4v) is 3.03.